The zero-order valence-electron chi connectivity index (χ0n) is 15.7. The number of aryl methyl sites for hydroxylation is 1. The Balaban J connectivity index is 1.85. The van der Waals surface area contributed by atoms with Crippen molar-refractivity contribution >= 4 is 52.0 Å². The average Bonchev–Trinajstić information content (AvgIpc) is 3.24. The molecule has 0 saturated heterocycles. The number of nitrogens with one attached hydrogen (secondary N) is 3. The Morgan fingerprint density at radius 2 is 1.66 bits per heavy atom. The number of rotatable bonds is 5. The highest BCUT2D eigenvalue weighted by molar-refractivity contribution is 7.12. The first-order chi connectivity index (χ1) is 13.9. The summed E-state index contributed by atoms with van der Waals surface area (Å²) in [6.07, 6.45) is 0. The number of carbonyl (C=O) groups excluding carboxylic acids is 3. The monoisotopic (exact) mass is 427 g/mol. The molecule has 6 nitrogen and oxygen atoms in total. The fourth-order valence-electron chi connectivity index (χ4n) is 2.75. The van der Waals surface area contributed by atoms with E-state index < -0.39 is 5.91 Å². The van der Waals surface area contributed by atoms with Crippen molar-refractivity contribution < 1.29 is 14.4 Å². The zero-order chi connectivity index (χ0) is 21.0. The van der Waals surface area contributed by atoms with Gasteiger partial charge in [-0.2, -0.15) is 0 Å². The number of amides is 3. The van der Waals surface area contributed by atoms with E-state index in [0.717, 1.165) is 5.56 Å². The minimum atomic E-state index is -0.427. The fraction of sp³-hybridized carbons (Fsp3) is 0.0952. The van der Waals surface area contributed by atoms with Gasteiger partial charge in [0.15, 0.2) is 0 Å². The molecular formula is C21H18ClN3O3S. The predicted octanol–water partition coefficient (Wildman–Crippen LogP) is 4.57. The largest absolute Gasteiger partial charge is 0.355 e. The number of thiophene rings is 1. The zero-order valence-corrected chi connectivity index (χ0v) is 17.3. The SMILES string of the molecule is CNC(=O)c1c(C)cccc1NC(=O)c1ccc(Cl)c(NC(=O)c2cccs2)c1. The highest BCUT2D eigenvalue weighted by Gasteiger charge is 2.17. The Bertz CT molecular complexity index is 1080. The van der Waals surface area contributed by atoms with Gasteiger partial charge in [-0.1, -0.05) is 29.8 Å². The third-order valence-corrected chi connectivity index (χ3v) is 5.40. The molecule has 3 aromatic rings. The van der Waals surface area contributed by atoms with Gasteiger partial charge in [-0.05, 0) is 48.2 Å². The summed E-state index contributed by atoms with van der Waals surface area (Å²) in [4.78, 5) is 37.8. The standard InChI is InChI=1S/C21H18ClN3O3S/c1-12-5-3-6-15(18(12)21(28)23-2)24-19(26)13-8-9-14(22)16(11-13)25-20(27)17-7-4-10-29-17/h3-11H,1-2H3,(H,23,28)(H,24,26)(H,25,27). The van der Waals surface area contributed by atoms with Crippen LogP contribution in [0.2, 0.25) is 5.02 Å². The fourth-order valence-corrected chi connectivity index (χ4v) is 3.53. The van der Waals surface area contributed by atoms with E-state index in [2.05, 4.69) is 16.0 Å². The summed E-state index contributed by atoms with van der Waals surface area (Å²) >= 11 is 7.48. The number of benzene rings is 2. The molecule has 0 aliphatic carbocycles. The van der Waals surface area contributed by atoms with Crippen molar-refractivity contribution in [2.75, 3.05) is 17.7 Å². The summed E-state index contributed by atoms with van der Waals surface area (Å²) in [5, 5.41) is 10.2. The van der Waals surface area contributed by atoms with Gasteiger partial charge in [0.25, 0.3) is 17.7 Å². The molecule has 1 aromatic heterocycles. The molecule has 0 radical (unpaired) electrons. The van der Waals surface area contributed by atoms with Crippen LogP contribution >= 0.6 is 22.9 Å². The highest BCUT2D eigenvalue weighted by Crippen LogP contribution is 2.26. The van der Waals surface area contributed by atoms with Gasteiger partial charge in [-0.25, -0.2) is 0 Å². The van der Waals surface area contributed by atoms with E-state index in [4.69, 9.17) is 11.6 Å². The van der Waals surface area contributed by atoms with Gasteiger partial charge in [0.05, 0.1) is 26.8 Å². The molecule has 2 aromatic carbocycles. The van der Waals surface area contributed by atoms with Crippen molar-refractivity contribution in [3.63, 3.8) is 0 Å². The van der Waals surface area contributed by atoms with Crippen molar-refractivity contribution in [2.45, 2.75) is 6.92 Å². The summed E-state index contributed by atoms with van der Waals surface area (Å²) in [6, 6.07) is 13.3. The molecular weight excluding hydrogens is 410 g/mol. The van der Waals surface area contributed by atoms with Gasteiger partial charge in [-0.3, -0.25) is 14.4 Å². The first-order valence-corrected chi connectivity index (χ1v) is 9.94. The maximum Gasteiger partial charge on any atom is 0.265 e. The number of anilines is 2. The van der Waals surface area contributed by atoms with Crippen LogP contribution in [0.1, 0.15) is 36.0 Å². The molecule has 0 aliphatic heterocycles. The van der Waals surface area contributed by atoms with Crippen molar-refractivity contribution in [3.8, 4) is 0 Å². The molecule has 0 bridgehead atoms. The van der Waals surface area contributed by atoms with E-state index in [9.17, 15) is 14.4 Å². The maximum absolute atomic E-state index is 12.8. The number of carbonyl (C=O) groups is 3. The van der Waals surface area contributed by atoms with Crippen LogP contribution in [0.25, 0.3) is 0 Å². The lowest BCUT2D eigenvalue weighted by Gasteiger charge is -2.13. The Morgan fingerprint density at radius 1 is 0.897 bits per heavy atom. The van der Waals surface area contributed by atoms with Gasteiger partial charge in [-0.15, -0.1) is 11.3 Å². The van der Waals surface area contributed by atoms with Crippen LogP contribution in [0.5, 0.6) is 0 Å². The molecule has 148 valence electrons. The summed E-state index contributed by atoms with van der Waals surface area (Å²) < 4.78 is 0. The summed E-state index contributed by atoms with van der Waals surface area (Å²) in [6.45, 7) is 1.79. The molecule has 3 rings (SSSR count). The molecule has 3 N–H and O–H groups in total. The lowest BCUT2D eigenvalue weighted by Crippen LogP contribution is -2.22. The quantitative estimate of drug-likeness (QED) is 0.557. The molecule has 8 heteroatoms. The van der Waals surface area contributed by atoms with E-state index >= 15 is 0 Å². The van der Waals surface area contributed by atoms with Crippen LogP contribution in [0.3, 0.4) is 0 Å². The summed E-state index contributed by atoms with van der Waals surface area (Å²) in [5.74, 6) is -1.03. The third kappa shape index (κ3) is 4.64. The van der Waals surface area contributed by atoms with Crippen molar-refractivity contribution in [1.29, 1.82) is 0 Å². The molecule has 0 atom stereocenters. The maximum atomic E-state index is 12.8. The Labute approximate surface area is 176 Å². The van der Waals surface area contributed by atoms with E-state index in [-0.39, 0.29) is 11.8 Å². The summed E-state index contributed by atoms with van der Waals surface area (Å²) in [7, 11) is 1.53. The van der Waals surface area contributed by atoms with E-state index in [1.54, 1.807) is 48.7 Å². The molecule has 0 fully saturated rings. The smallest absolute Gasteiger partial charge is 0.265 e. The third-order valence-electron chi connectivity index (χ3n) is 4.20. The van der Waals surface area contributed by atoms with Crippen LogP contribution in [0, 0.1) is 6.92 Å². The van der Waals surface area contributed by atoms with Crippen LogP contribution in [-0.2, 0) is 0 Å². The molecule has 0 unspecified atom stereocenters. The van der Waals surface area contributed by atoms with Gasteiger partial charge < -0.3 is 16.0 Å². The van der Waals surface area contributed by atoms with Gasteiger partial charge >= 0.3 is 0 Å². The van der Waals surface area contributed by atoms with Gasteiger partial charge in [0.2, 0.25) is 0 Å². The second kappa shape index (κ2) is 8.89. The summed E-state index contributed by atoms with van der Waals surface area (Å²) in [5.41, 5.74) is 2.15. The number of hydrogen-bond donors (Lipinski definition) is 3. The van der Waals surface area contributed by atoms with Crippen LogP contribution in [-0.4, -0.2) is 24.8 Å². The van der Waals surface area contributed by atoms with Crippen molar-refractivity contribution in [2.24, 2.45) is 0 Å². The van der Waals surface area contributed by atoms with Crippen LogP contribution < -0.4 is 16.0 Å². The molecule has 3 amide bonds. The number of halogens is 1. The van der Waals surface area contributed by atoms with Gasteiger partial charge in [0.1, 0.15) is 0 Å². The van der Waals surface area contributed by atoms with Crippen molar-refractivity contribution in [1.82, 2.24) is 5.32 Å². The second-order valence-corrected chi connectivity index (χ2v) is 7.51. The number of hydrogen-bond acceptors (Lipinski definition) is 4. The molecule has 0 saturated carbocycles. The first-order valence-electron chi connectivity index (χ1n) is 8.68. The van der Waals surface area contributed by atoms with Crippen LogP contribution in [0.4, 0.5) is 11.4 Å². The molecule has 29 heavy (non-hydrogen) atoms. The minimum absolute atomic E-state index is 0.292. The molecule has 1 heterocycles. The first kappa shape index (κ1) is 20.6. The second-order valence-electron chi connectivity index (χ2n) is 6.16. The average molecular weight is 428 g/mol. The highest BCUT2D eigenvalue weighted by atomic mass is 35.5. The molecule has 0 spiro atoms. The lowest BCUT2D eigenvalue weighted by atomic mass is 10.1. The minimum Gasteiger partial charge on any atom is -0.355 e. The Morgan fingerprint density at radius 3 is 2.34 bits per heavy atom. The lowest BCUT2D eigenvalue weighted by molar-refractivity contribution is 0.0962. The molecule has 0 aliphatic rings. The van der Waals surface area contributed by atoms with Crippen LogP contribution in [0.15, 0.2) is 53.9 Å². The van der Waals surface area contributed by atoms with E-state index in [1.165, 1.54) is 30.5 Å². The van der Waals surface area contributed by atoms with E-state index in [0.29, 0.717) is 32.4 Å². The Hall–Kier alpha value is -3.16. The Kier molecular flexibility index (Phi) is 6.31. The predicted molar refractivity (Wildman–Crippen MR) is 116 cm³/mol. The van der Waals surface area contributed by atoms with Crippen molar-refractivity contribution in [3.05, 3.63) is 80.5 Å². The van der Waals surface area contributed by atoms with E-state index in [1.807, 2.05) is 0 Å². The topological polar surface area (TPSA) is 87.3 Å². The van der Waals surface area contributed by atoms with Gasteiger partial charge in [0, 0.05) is 12.6 Å². The normalized spacial score (nSPS) is 10.3.